The highest BCUT2D eigenvalue weighted by Crippen LogP contribution is 2.63. The number of ether oxygens (including phenoxy) is 1. The van der Waals surface area contributed by atoms with Gasteiger partial charge < -0.3 is 19.3 Å². The number of hydrogen-bond donors (Lipinski definition) is 1. The monoisotopic (exact) mass is 421 g/mol. The van der Waals surface area contributed by atoms with Crippen LogP contribution in [-0.2, 0) is 4.74 Å². The van der Waals surface area contributed by atoms with Crippen molar-refractivity contribution in [2.75, 3.05) is 0 Å². The van der Waals surface area contributed by atoms with Gasteiger partial charge in [0.1, 0.15) is 5.60 Å². The van der Waals surface area contributed by atoms with E-state index in [-0.39, 0.29) is 41.7 Å². The standard InChI is InChI=1S/C25H31N3O3/c1-24(2,3)31-23(30)28-15-8-9-16(28)11-25(10-15)12-19(22(25)29)21-18-7-5-4-6-17(18)20-13-26-14-27(20)21/h4-7,13-16,19,21-22,29H,8-12H2,1-3H3/t15-,16+,19-,21-,22+,25?/m1/s1. The molecule has 2 bridgehead atoms. The lowest BCUT2D eigenvalue weighted by atomic mass is 9.51. The highest BCUT2D eigenvalue weighted by Gasteiger charge is 2.63. The molecule has 2 saturated heterocycles. The number of rotatable bonds is 1. The third kappa shape index (κ3) is 2.73. The lowest BCUT2D eigenvalue weighted by molar-refractivity contribution is -0.168. The summed E-state index contributed by atoms with van der Waals surface area (Å²) in [6, 6.07) is 9.03. The van der Waals surface area contributed by atoms with Gasteiger partial charge in [0.25, 0.3) is 0 Å². The summed E-state index contributed by atoms with van der Waals surface area (Å²) in [5.74, 6) is 0.184. The van der Waals surface area contributed by atoms with E-state index in [4.69, 9.17) is 4.74 Å². The van der Waals surface area contributed by atoms with Crippen molar-refractivity contribution < 1.29 is 14.6 Å². The fourth-order valence-electron chi connectivity index (χ4n) is 6.99. The minimum Gasteiger partial charge on any atom is -0.444 e. The van der Waals surface area contributed by atoms with Gasteiger partial charge in [-0.15, -0.1) is 0 Å². The average Bonchev–Trinajstić information content (AvgIpc) is 3.37. The van der Waals surface area contributed by atoms with E-state index in [1.807, 2.05) is 38.2 Å². The molecule has 1 unspecified atom stereocenters. The van der Waals surface area contributed by atoms with Crippen molar-refractivity contribution in [2.24, 2.45) is 11.3 Å². The molecule has 1 aliphatic carbocycles. The maximum Gasteiger partial charge on any atom is 0.410 e. The van der Waals surface area contributed by atoms with Crippen molar-refractivity contribution in [2.45, 2.75) is 82.7 Å². The van der Waals surface area contributed by atoms with Crippen molar-refractivity contribution in [3.8, 4) is 11.3 Å². The van der Waals surface area contributed by atoms with E-state index < -0.39 is 5.60 Å². The van der Waals surface area contributed by atoms with Gasteiger partial charge in [-0.25, -0.2) is 9.78 Å². The van der Waals surface area contributed by atoms with Crippen molar-refractivity contribution in [3.05, 3.63) is 42.4 Å². The van der Waals surface area contributed by atoms with Crippen LogP contribution in [0.4, 0.5) is 4.79 Å². The van der Waals surface area contributed by atoms with Crippen LogP contribution in [0.15, 0.2) is 36.8 Å². The number of imidazole rings is 1. The predicted molar refractivity (Wildman–Crippen MR) is 116 cm³/mol. The van der Waals surface area contributed by atoms with Crippen molar-refractivity contribution in [3.63, 3.8) is 0 Å². The second kappa shape index (κ2) is 6.35. The molecule has 31 heavy (non-hydrogen) atoms. The molecule has 1 aromatic heterocycles. The van der Waals surface area contributed by atoms with Gasteiger partial charge in [-0.05, 0) is 58.4 Å². The Labute approximate surface area is 183 Å². The molecular formula is C25H31N3O3. The minimum absolute atomic E-state index is 0.0761. The Kier molecular flexibility index (Phi) is 3.96. The van der Waals surface area contributed by atoms with Crippen LogP contribution in [0.25, 0.3) is 11.3 Å². The van der Waals surface area contributed by atoms with Crippen LogP contribution in [0.2, 0.25) is 0 Å². The molecule has 1 amide bonds. The number of amides is 1. The molecule has 1 aromatic carbocycles. The van der Waals surface area contributed by atoms with Crippen molar-refractivity contribution >= 4 is 6.09 Å². The van der Waals surface area contributed by atoms with Crippen LogP contribution < -0.4 is 0 Å². The summed E-state index contributed by atoms with van der Waals surface area (Å²) in [4.78, 5) is 19.2. The fourth-order valence-corrected chi connectivity index (χ4v) is 6.99. The molecule has 0 radical (unpaired) electrons. The van der Waals surface area contributed by atoms with Crippen LogP contribution >= 0.6 is 0 Å². The van der Waals surface area contributed by atoms with Gasteiger partial charge in [-0.1, -0.05) is 24.3 Å². The average molecular weight is 422 g/mol. The van der Waals surface area contributed by atoms with Gasteiger partial charge in [-0.3, -0.25) is 0 Å². The summed E-state index contributed by atoms with van der Waals surface area (Å²) in [6.45, 7) is 5.76. The van der Waals surface area contributed by atoms with Crippen LogP contribution in [-0.4, -0.2) is 49.4 Å². The number of piperidine rings is 1. The second-order valence-electron chi connectivity index (χ2n) is 11.1. The first kappa shape index (κ1) is 19.4. The number of hydrogen-bond acceptors (Lipinski definition) is 4. The largest absolute Gasteiger partial charge is 0.444 e. The van der Waals surface area contributed by atoms with Gasteiger partial charge in [0, 0.05) is 29.0 Å². The molecule has 6 nitrogen and oxygen atoms in total. The van der Waals surface area contributed by atoms with Gasteiger partial charge in [-0.2, -0.15) is 0 Å². The number of aliphatic hydroxyl groups excluding tert-OH is 1. The lowest BCUT2D eigenvalue weighted by Crippen LogP contribution is -2.62. The van der Waals surface area contributed by atoms with E-state index >= 15 is 0 Å². The zero-order valence-corrected chi connectivity index (χ0v) is 18.5. The third-order valence-electron chi connectivity index (χ3n) is 8.11. The Hall–Kier alpha value is -2.34. The van der Waals surface area contributed by atoms with Crippen LogP contribution in [0.3, 0.4) is 0 Å². The topological polar surface area (TPSA) is 67.6 Å². The molecule has 1 saturated carbocycles. The normalized spacial score (nSPS) is 35.6. The molecule has 1 N–H and O–H groups in total. The van der Waals surface area contributed by atoms with E-state index in [2.05, 4.69) is 33.8 Å². The second-order valence-corrected chi connectivity index (χ2v) is 11.1. The SMILES string of the molecule is CC(C)(C)OC(=O)N1[C@@H]2CC[C@H]1CC1(C[C@H]([C@H]3c4ccccc4-c4cncn43)[C@@H]1O)C2. The Balaban J connectivity index is 1.23. The fraction of sp³-hybridized carbons (Fsp3) is 0.600. The number of benzene rings is 1. The lowest BCUT2D eigenvalue weighted by Gasteiger charge is -2.59. The highest BCUT2D eigenvalue weighted by atomic mass is 16.6. The summed E-state index contributed by atoms with van der Waals surface area (Å²) in [7, 11) is 0. The summed E-state index contributed by atoms with van der Waals surface area (Å²) in [5, 5.41) is 11.5. The molecule has 2 aromatic rings. The molecule has 6 rings (SSSR count). The van der Waals surface area contributed by atoms with Gasteiger partial charge in [0.2, 0.25) is 0 Å². The van der Waals surface area contributed by atoms with Gasteiger partial charge >= 0.3 is 6.09 Å². The summed E-state index contributed by atoms with van der Waals surface area (Å²) in [6.07, 6.45) is 8.08. The summed E-state index contributed by atoms with van der Waals surface area (Å²) < 4.78 is 7.94. The summed E-state index contributed by atoms with van der Waals surface area (Å²) in [5.41, 5.74) is 3.12. The zero-order valence-electron chi connectivity index (χ0n) is 18.5. The van der Waals surface area contributed by atoms with E-state index in [0.717, 1.165) is 37.8 Å². The number of aromatic nitrogens is 2. The number of carbonyl (C=O) groups excluding carboxylic acids is 1. The maximum absolute atomic E-state index is 12.8. The number of aliphatic hydroxyl groups is 1. The van der Waals surface area contributed by atoms with Gasteiger partial charge in [0.05, 0.1) is 30.4 Å². The first-order chi connectivity index (χ1) is 14.8. The summed E-state index contributed by atoms with van der Waals surface area (Å²) >= 11 is 0. The van der Waals surface area contributed by atoms with E-state index in [0.29, 0.717) is 0 Å². The quantitative estimate of drug-likeness (QED) is 0.742. The molecule has 6 heteroatoms. The molecule has 164 valence electrons. The Morgan fingerprint density at radius 1 is 1.16 bits per heavy atom. The zero-order chi connectivity index (χ0) is 21.5. The Morgan fingerprint density at radius 3 is 2.55 bits per heavy atom. The van der Waals surface area contributed by atoms with E-state index in [1.165, 1.54) is 11.1 Å². The molecule has 3 aliphatic heterocycles. The first-order valence-electron chi connectivity index (χ1n) is 11.6. The number of fused-ring (bicyclic) bond motifs is 5. The van der Waals surface area contributed by atoms with Crippen molar-refractivity contribution in [1.82, 2.24) is 14.5 Å². The number of nitrogens with zero attached hydrogens (tertiary/aromatic N) is 3. The molecule has 3 fully saturated rings. The first-order valence-corrected chi connectivity index (χ1v) is 11.6. The maximum atomic E-state index is 12.8. The molecule has 4 aliphatic rings. The predicted octanol–water partition coefficient (Wildman–Crippen LogP) is 4.38. The van der Waals surface area contributed by atoms with Gasteiger partial charge in [0.15, 0.2) is 0 Å². The van der Waals surface area contributed by atoms with Crippen LogP contribution in [0.1, 0.15) is 64.5 Å². The molecule has 4 heterocycles. The van der Waals surface area contributed by atoms with E-state index in [9.17, 15) is 9.90 Å². The highest BCUT2D eigenvalue weighted by molar-refractivity contribution is 5.70. The van der Waals surface area contributed by atoms with E-state index in [1.54, 1.807) is 0 Å². The van der Waals surface area contributed by atoms with Crippen LogP contribution in [0.5, 0.6) is 0 Å². The molecule has 6 atom stereocenters. The third-order valence-corrected chi connectivity index (χ3v) is 8.11. The van der Waals surface area contributed by atoms with Crippen LogP contribution in [0, 0.1) is 11.3 Å². The molecule has 1 spiro atoms. The smallest absolute Gasteiger partial charge is 0.410 e. The Bertz CT molecular complexity index is 1020. The number of carbonyl (C=O) groups is 1. The Morgan fingerprint density at radius 2 is 1.87 bits per heavy atom. The van der Waals surface area contributed by atoms with Crippen molar-refractivity contribution in [1.29, 1.82) is 0 Å². The molecular weight excluding hydrogens is 390 g/mol. The minimum atomic E-state index is -0.481.